The lowest BCUT2D eigenvalue weighted by atomic mass is 10.2. The van der Waals surface area contributed by atoms with Crippen LogP contribution < -0.4 is 14.7 Å². The van der Waals surface area contributed by atoms with Crippen LogP contribution in [0.2, 0.25) is 0 Å². The molecular formula is C24H26Cl2N2OS+2. The van der Waals surface area contributed by atoms with E-state index in [-0.39, 0.29) is 24.8 Å². The number of aromatic nitrogens is 2. The molecule has 0 saturated carbocycles. The zero-order valence-corrected chi connectivity index (χ0v) is 19.3. The Morgan fingerprint density at radius 1 is 0.533 bits per heavy atom. The summed E-state index contributed by atoms with van der Waals surface area (Å²) >= 11 is 1.78. The van der Waals surface area contributed by atoms with Gasteiger partial charge in [0.1, 0.15) is 11.5 Å². The van der Waals surface area contributed by atoms with Crippen LogP contribution in [0.1, 0.15) is 11.1 Å². The average Bonchev–Trinajstić information content (AvgIpc) is 2.74. The van der Waals surface area contributed by atoms with Crippen LogP contribution in [0.5, 0.6) is 11.5 Å². The summed E-state index contributed by atoms with van der Waals surface area (Å²) < 4.78 is 5.61. The van der Waals surface area contributed by atoms with Crippen LogP contribution in [-0.2, 0) is 0 Å². The Hall–Kier alpha value is -2.53. The van der Waals surface area contributed by atoms with Crippen molar-refractivity contribution in [3.8, 4) is 11.5 Å². The van der Waals surface area contributed by atoms with Gasteiger partial charge < -0.3 is 4.74 Å². The molecule has 6 heteroatoms. The van der Waals surface area contributed by atoms with Gasteiger partial charge in [-0.2, -0.15) is 0 Å². The third kappa shape index (κ3) is 8.87. The molecule has 0 radical (unpaired) electrons. The Balaban J connectivity index is 0.000000281. The lowest BCUT2D eigenvalue weighted by molar-refractivity contribution is -0.378. The summed E-state index contributed by atoms with van der Waals surface area (Å²) in [5.41, 5.74) is 2.54. The largest absolute Gasteiger partial charge is 0.457 e. The molecule has 2 aromatic carbocycles. The van der Waals surface area contributed by atoms with Gasteiger partial charge in [-0.3, -0.25) is 0 Å². The second-order valence-electron chi connectivity index (χ2n) is 6.30. The first-order valence-corrected chi connectivity index (χ1v) is 9.92. The van der Waals surface area contributed by atoms with Crippen LogP contribution in [-0.4, -0.2) is 0 Å². The maximum absolute atomic E-state index is 5.61. The van der Waals surface area contributed by atoms with E-state index in [2.05, 4.69) is 60.2 Å². The van der Waals surface area contributed by atoms with Gasteiger partial charge in [0.2, 0.25) is 0 Å². The van der Waals surface area contributed by atoms with Crippen molar-refractivity contribution in [1.29, 1.82) is 0 Å². The average molecular weight is 461 g/mol. The van der Waals surface area contributed by atoms with Crippen molar-refractivity contribution < 1.29 is 14.7 Å². The van der Waals surface area contributed by atoms with Gasteiger partial charge in [0, 0.05) is 34.1 Å². The van der Waals surface area contributed by atoms with E-state index in [1.165, 1.54) is 20.9 Å². The molecule has 0 atom stereocenters. The van der Waals surface area contributed by atoms with Crippen LogP contribution in [0.3, 0.4) is 0 Å². The second-order valence-corrected chi connectivity index (χ2v) is 7.45. The molecule has 30 heavy (non-hydrogen) atoms. The first kappa shape index (κ1) is 25.5. The number of hydrogen-bond acceptors (Lipinski definition) is 2. The smallest absolute Gasteiger partial charge is 0.170 e. The standard InChI is InChI=1S/C12H11NO.C12H11NS.2ClH/c2*1-10-2-4-11(5-3-10)14-12-6-8-13-9-7-12;;/h2*2-9H,1H3;2*1H/p+2. The first-order valence-electron chi connectivity index (χ1n) is 9.10. The van der Waals surface area contributed by atoms with Gasteiger partial charge in [-0.1, -0.05) is 47.2 Å². The maximum atomic E-state index is 5.61. The van der Waals surface area contributed by atoms with Crippen molar-refractivity contribution in [2.45, 2.75) is 23.6 Å². The van der Waals surface area contributed by atoms with E-state index in [4.69, 9.17) is 4.74 Å². The number of hydrogen-bond donors (Lipinski definition) is 0. The highest BCUT2D eigenvalue weighted by Crippen LogP contribution is 2.26. The summed E-state index contributed by atoms with van der Waals surface area (Å²) in [4.78, 5) is 8.50. The fourth-order valence-electron chi connectivity index (χ4n) is 2.36. The minimum Gasteiger partial charge on any atom is -0.457 e. The van der Waals surface area contributed by atoms with Crippen LogP contribution in [0, 0.1) is 13.8 Å². The molecule has 0 unspecified atom stereocenters. The summed E-state index contributed by atoms with van der Waals surface area (Å²) in [5, 5.41) is 0. The zero-order valence-electron chi connectivity index (χ0n) is 16.9. The molecule has 0 bridgehead atoms. The molecule has 4 rings (SSSR count). The Bertz CT molecular complexity index is 884. The van der Waals surface area contributed by atoms with E-state index < -0.39 is 0 Å². The Kier molecular flexibility index (Phi) is 11.6. The van der Waals surface area contributed by atoms with E-state index in [1.807, 2.05) is 61.2 Å². The number of halogens is 2. The molecule has 0 fully saturated rings. The molecule has 0 saturated heterocycles. The van der Waals surface area contributed by atoms with Crippen LogP contribution >= 0.6 is 36.6 Å². The fourth-order valence-corrected chi connectivity index (χ4v) is 3.18. The zero-order chi connectivity index (χ0) is 19.6. The molecule has 2 aromatic heterocycles. The minimum atomic E-state index is 0. The highest BCUT2D eigenvalue weighted by atomic mass is 35.5. The van der Waals surface area contributed by atoms with E-state index in [9.17, 15) is 0 Å². The number of ether oxygens (including phenoxy) is 1. The van der Waals surface area contributed by atoms with E-state index in [1.54, 1.807) is 11.8 Å². The third-order valence-electron chi connectivity index (χ3n) is 3.89. The van der Waals surface area contributed by atoms with Crippen molar-refractivity contribution in [2.24, 2.45) is 0 Å². The molecule has 0 aliphatic rings. The normalized spacial score (nSPS) is 9.27. The number of nitrogens with one attached hydrogen (secondary N) is 2. The number of aromatic amines is 2. The first-order chi connectivity index (χ1) is 13.7. The SMILES string of the molecule is Cc1ccc(Oc2cc[nH+]cc2)cc1.Cc1ccc(Sc2cc[nH+]cc2)cc1.Cl.Cl. The highest BCUT2D eigenvalue weighted by Gasteiger charge is 1.97. The predicted octanol–water partition coefficient (Wildman–Crippen LogP) is 6.41. The lowest BCUT2D eigenvalue weighted by Crippen LogP contribution is -1.97. The number of aryl methyl sites for hydroxylation is 2. The molecule has 0 amide bonds. The summed E-state index contributed by atoms with van der Waals surface area (Å²) in [6.45, 7) is 4.16. The molecule has 3 nitrogen and oxygen atoms in total. The van der Waals surface area contributed by atoms with E-state index in [0.717, 1.165) is 11.5 Å². The molecular weight excluding hydrogens is 435 g/mol. The van der Waals surface area contributed by atoms with Crippen LogP contribution in [0.15, 0.2) is 107 Å². The monoisotopic (exact) mass is 460 g/mol. The number of H-pyrrole nitrogens is 2. The number of benzene rings is 2. The van der Waals surface area contributed by atoms with Crippen molar-refractivity contribution in [3.63, 3.8) is 0 Å². The lowest BCUT2D eigenvalue weighted by Gasteiger charge is -2.03. The number of pyridine rings is 2. The van der Waals surface area contributed by atoms with E-state index >= 15 is 0 Å². The molecule has 2 heterocycles. The van der Waals surface area contributed by atoms with Crippen molar-refractivity contribution in [3.05, 3.63) is 109 Å². The highest BCUT2D eigenvalue weighted by molar-refractivity contribution is 7.99. The topological polar surface area (TPSA) is 37.5 Å². The summed E-state index contributed by atoms with van der Waals surface area (Å²) in [7, 11) is 0. The Morgan fingerprint density at radius 2 is 0.933 bits per heavy atom. The van der Waals surface area contributed by atoms with Gasteiger partial charge in [-0.05, 0) is 38.1 Å². The molecule has 0 spiro atoms. The van der Waals surface area contributed by atoms with Gasteiger partial charge >= 0.3 is 0 Å². The quantitative estimate of drug-likeness (QED) is 0.352. The van der Waals surface area contributed by atoms with E-state index in [0.29, 0.717) is 0 Å². The molecule has 4 aromatic rings. The van der Waals surface area contributed by atoms with Gasteiger partial charge in [-0.25, -0.2) is 9.97 Å². The number of rotatable bonds is 4. The van der Waals surface area contributed by atoms with Gasteiger partial charge in [0.15, 0.2) is 24.8 Å². The molecule has 0 aliphatic carbocycles. The molecule has 156 valence electrons. The van der Waals surface area contributed by atoms with Crippen molar-refractivity contribution in [2.75, 3.05) is 0 Å². The third-order valence-corrected chi connectivity index (χ3v) is 4.90. The van der Waals surface area contributed by atoms with Crippen molar-refractivity contribution in [1.82, 2.24) is 0 Å². The summed E-state index contributed by atoms with van der Waals surface area (Å²) in [6.07, 6.45) is 7.56. The second kappa shape index (κ2) is 13.6. The van der Waals surface area contributed by atoms with Gasteiger partial charge in [0.25, 0.3) is 0 Å². The van der Waals surface area contributed by atoms with Gasteiger partial charge in [0.05, 0.1) is 0 Å². The minimum absolute atomic E-state index is 0. The van der Waals surface area contributed by atoms with Crippen molar-refractivity contribution >= 4 is 36.6 Å². The van der Waals surface area contributed by atoms with Crippen LogP contribution in [0.4, 0.5) is 0 Å². The fraction of sp³-hybridized carbons (Fsp3) is 0.0833. The summed E-state index contributed by atoms with van der Waals surface area (Å²) in [5.74, 6) is 1.70. The maximum Gasteiger partial charge on any atom is 0.170 e. The Morgan fingerprint density at radius 3 is 1.47 bits per heavy atom. The predicted molar refractivity (Wildman–Crippen MR) is 127 cm³/mol. The Labute approximate surface area is 194 Å². The molecule has 0 aliphatic heterocycles. The molecule has 2 N–H and O–H groups in total. The van der Waals surface area contributed by atoms with Gasteiger partial charge in [-0.15, -0.1) is 24.8 Å². The van der Waals surface area contributed by atoms with Crippen LogP contribution in [0.25, 0.3) is 0 Å². The summed E-state index contributed by atoms with van der Waals surface area (Å²) in [6, 6.07) is 24.5.